The number of nitrogens with one attached hydrogen (secondary N) is 2. The summed E-state index contributed by atoms with van der Waals surface area (Å²) in [7, 11) is 0. The molecular formula is C30H33ClN4O4. The number of aromatic nitrogens is 2. The molecule has 2 amide bonds. The molecule has 0 saturated heterocycles. The average Bonchev–Trinajstić information content (AvgIpc) is 3.67. The number of aromatic hydroxyl groups is 2. The largest absolute Gasteiger partial charge is 0.506 e. The van der Waals surface area contributed by atoms with Crippen LogP contribution in [0.1, 0.15) is 66.7 Å². The average molecular weight is 549 g/mol. The minimum absolute atomic E-state index is 0.0293. The molecule has 8 nitrogen and oxygen atoms in total. The summed E-state index contributed by atoms with van der Waals surface area (Å²) in [5.74, 6) is 0.643. The van der Waals surface area contributed by atoms with E-state index in [1.165, 1.54) is 0 Å². The van der Waals surface area contributed by atoms with Crippen LogP contribution in [0.15, 0.2) is 24.5 Å². The normalized spacial score (nSPS) is 18.4. The number of hydrogen-bond donors (Lipinski definition) is 4. The number of aryl methyl sites for hydroxylation is 2. The Labute approximate surface area is 231 Å². The van der Waals surface area contributed by atoms with Gasteiger partial charge in [-0.2, -0.15) is 0 Å². The first kappa shape index (κ1) is 25.6. The Morgan fingerprint density at radius 1 is 0.872 bits per heavy atom. The van der Waals surface area contributed by atoms with Gasteiger partial charge >= 0.3 is 0 Å². The Bertz CT molecular complexity index is 1520. The maximum absolute atomic E-state index is 13.4. The molecule has 0 fully saturated rings. The Morgan fingerprint density at radius 2 is 1.33 bits per heavy atom. The van der Waals surface area contributed by atoms with E-state index in [0.29, 0.717) is 42.1 Å². The number of nitrogens with zero attached hydrogens (tertiary/aromatic N) is 2. The molecule has 9 heteroatoms. The van der Waals surface area contributed by atoms with Crippen LogP contribution in [0, 0.1) is 13.8 Å². The van der Waals surface area contributed by atoms with E-state index < -0.39 is 0 Å². The van der Waals surface area contributed by atoms with Crippen molar-refractivity contribution in [3.05, 3.63) is 46.8 Å². The SMILES string of the molecule is CCC1CN(C(=O)CCCC(=O)N2CC(CCl)c3c2cc(O)c2[nH]cc(C)c32)c2cc(O)c3[nH]cc(C)c3c21. The number of fused-ring (bicyclic) bond motifs is 6. The number of anilines is 2. The molecule has 4 heterocycles. The number of carbonyl (C=O) groups is 2. The number of alkyl halides is 1. The zero-order valence-electron chi connectivity index (χ0n) is 22.4. The van der Waals surface area contributed by atoms with Crippen LogP contribution in [0.4, 0.5) is 11.4 Å². The van der Waals surface area contributed by atoms with Crippen LogP contribution in [0.2, 0.25) is 0 Å². The van der Waals surface area contributed by atoms with Crippen molar-refractivity contribution in [2.45, 2.75) is 58.3 Å². The number of benzene rings is 2. The summed E-state index contributed by atoms with van der Waals surface area (Å²) in [6.07, 6.45) is 5.48. The van der Waals surface area contributed by atoms with E-state index >= 15 is 0 Å². The molecule has 2 aromatic heterocycles. The van der Waals surface area contributed by atoms with E-state index in [0.717, 1.165) is 45.1 Å². The summed E-state index contributed by atoms with van der Waals surface area (Å²) in [6.45, 7) is 7.13. The Hall–Kier alpha value is -3.65. The zero-order chi connectivity index (χ0) is 27.6. The van der Waals surface area contributed by atoms with Crippen LogP contribution in [0.25, 0.3) is 21.8 Å². The van der Waals surface area contributed by atoms with Crippen molar-refractivity contribution in [2.75, 3.05) is 28.8 Å². The maximum atomic E-state index is 13.4. The van der Waals surface area contributed by atoms with E-state index in [9.17, 15) is 19.8 Å². The molecule has 0 saturated carbocycles. The fourth-order valence-electron chi connectivity index (χ4n) is 6.64. The number of H-pyrrole nitrogens is 2. The highest BCUT2D eigenvalue weighted by molar-refractivity contribution is 6.19. The third-order valence-corrected chi connectivity index (χ3v) is 8.94. The second kappa shape index (κ2) is 9.52. The van der Waals surface area contributed by atoms with E-state index in [2.05, 4.69) is 16.9 Å². The lowest BCUT2D eigenvalue weighted by atomic mass is 9.93. The molecule has 0 radical (unpaired) electrons. The number of carbonyl (C=O) groups excluding carboxylic acids is 2. The van der Waals surface area contributed by atoms with Gasteiger partial charge in [0.15, 0.2) is 0 Å². The molecule has 4 aromatic rings. The van der Waals surface area contributed by atoms with Crippen LogP contribution >= 0.6 is 11.6 Å². The first-order chi connectivity index (χ1) is 18.7. The monoisotopic (exact) mass is 548 g/mol. The van der Waals surface area contributed by atoms with E-state index in [1.807, 2.05) is 26.2 Å². The minimum Gasteiger partial charge on any atom is -0.506 e. The fourth-order valence-corrected chi connectivity index (χ4v) is 6.89. The molecule has 0 aliphatic carbocycles. The molecule has 2 aliphatic rings. The lowest BCUT2D eigenvalue weighted by Crippen LogP contribution is -2.31. The molecule has 2 aliphatic heterocycles. The van der Waals surface area contributed by atoms with Crippen LogP contribution in [0.3, 0.4) is 0 Å². The van der Waals surface area contributed by atoms with Gasteiger partial charge in [-0.05, 0) is 48.9 Å². The molecular weight excluding hydrogens is 516 g/mol. The molecule has 2 atom stereocenters. The van der Waals surface area contributed by atoms with Gasteiger partial charge in [0, 0.05) is 78.9 Å². The van der Waals surface area contributed by atoms with Gasteiger partial charge in [0.1, 0.15) is 11.5 Å². The molecule has 4 N–H and O–H groups in total. The van der Waals surface area contributed by atoms with Crippen molar-refractivity contribution in [1.29, 1.82) is 0 Å². The smallest absolute Gasteiger partial charge is 0.227 e. The number of rotatable bonds is 6. The third-order valence-electron chi connectivity index (χ3n) is 8.57. The van der Waals surface area contributed by atoms with Crippen molar-refractivity contribution >= 4 is 56.6 Å². The Kier molecular flexibility index (Phi) is 6.25. The summed E-state index contributed by atoms with van der Waals surface area (Å²) in [5, 5.41) is 23.2. The highest BCUT2D eigenvalue weighted by Crippen LogP contribution is 2.48. The first-order valence-electron chi connectivity index (χ1n) is 13.6. The van der Waals surface area contributed by atoms with Gasteiger partial charge in [0.25, 0.3) is 0 Å². The number of phenols is 2. The van der Waals surface area contributed by atoms with Crippen LogP contribution in [-0.2, 0) is 9.59 Å². The molecule has 39 heavy (non-hydrogen) atoms. The summed E-state index contributed by atoms with van der Waals surface area (Å²) in [5.41, 5.74) is 7.00. The second-order valence-electron chi connectivity index (χ2n) is 10.9. The van der Waals surface area contributed by atoms with Crippen molar-refractivity contribution in [2.24, 2.45) is 0 Å². The number of halogens is 1. The van der Waals surface area contributed by atoms with Gasteiger partial charge in [0.05, 0.1) is 22.4 Å². The summed E-state index contributed by atoms with van der Waals surface area (Å²) in [4.78, 5) is 36.5. The summed E-state index contributed by atoms with van der Waals surface area (Å²) < 4.78 is 0. The van der Waals surface area contributed by atoms with Gasteiger partial charge in [0.2, 0.25) is 11.8 Å². The van der Waals surface area contributed by atoms with Crippen molar-refractivity contribution in [3.8, 4) is 11.5 Å². The number of hydrogen-bond acceptors (Lipinski definition) is 4. The van der Waals surface area contributed by atoms with E-state index in [-0.39, 0.29) is 48.0 Å². The van der Waals surface area contributed by atoms with Crippen LogP contribution in [-0.4, -0.2) is 51.0 Å². The minimum atomic E-state index is -0.0841. The highest BCUT2D eigenvalue weighted by atomic mass is 35.5. The Balaban J connectivity index is 1.19. The number of aromatic amines is 2. The molecule has 204 valence electrons. The number of phenolic OH excluding ortho intramolecular Hbond substituents is 2. The van der Waals surface area contributed by atoms with Crippen LogP contribution in [0.5, 0.6) is 11.5 Å². The quantitative estimate of drug-likeness (QED) is 0.219. The molecule has 6 rings (SSSR count). The topological polar surface area (TPSA) is 113 Å². The summed E-state index contributed by atoms with van der Waals surface area (Å²) in [6, 6.07) is 3.33. The van der Waals surface area contributed by atoms with Crippen molar-refractivity contribution < 1.29 is 19.8 Å². The fraction of sp³-hybridized carbons (Fsp3) is 0.400. The second-order valence-corrected chi connectivity index (χ2v) is 11.2. The van der Waals surface area contributed by atoms with Gasteiger partial charge < -0.3 is 30.0 Å². The maximum Gasteiger partial charge on any atom is 0.227 e. The van der Waals surface area contributed by atoms with Gasteiger partial charge in [-0.25, -0.2) is 0 Å². The lowest BCUT2D eigenvalue weighted by molar-refractivity contribution is -0.119. The summed E-state index contributed by atoms with van der Waals surface area (Å²) >= 11 is 6.32. The lowest BCUT2D eigenvalue weighted by Gasteiger charge is -2.20. The van der Waals surface area contributed by atoms with E-state index in [1.54, 1.807) is 21.9 Å². The standard InChI is InChI=1S/C30H33ClN4O4/c1-4-17-13-34(19-8-21(36)29-25(27(17)19)15(2)11-32-29)23(38)6-5-7-24(39)35-14-18(10-31)28-20(35)9-22(37)30-26(28)16(3)12-33-30/h8-9,11-12,17-18,32-33,36-37H,4-7,10,13-14H2,1-3H3. The van der Waals surface area contributed by atoms with Crippen LogP contribution < -0.4 is 9.80 Å². The van der Waals surface area contributed by atoms with Crippen molar-refractivity contribution in [1.82, 2.24) is 9.97 Å². The Morgan fingerprint density at radius 3 is 1.79 bits per heavy atom. The zero-order valence-corrected chi connectivity index (χ0v) is 23.2. The number of amides is 2. The molecule has 0 bridgehead atoms. The first-order valence-corrected chi connectivity index (χ1v) is 14.1. The predicted molar refractivity (Wildman–Crippen MR) is 154 cm³/mol. The molecule has 2 unspecified atom stereocenters. The highest BCUT2D eigenvalue weighted by Gasteiger charge is 2.37. The van der Waals surface area contributed by atoms with Gasteiger partial charge in [-0.1, -0.05) is 6.92 Å². The van der Waals surface area contributed by atoms with Crippen molar-refractivity contribution in [3.63, 3.8) is 0 Å². The van der Waals surface area contributed by atoms with Gasteiger partial charge in [-0.3, -0.25) is 9.59 Å². The molecule has 0 spiro atoms. The predicted octanol–water partition coefficient (Wildman–Crippen LogP) is 6.06. The molecule has 2 aromatic carbocycles. The van der Waals surface area contributed by atoms with E-state index in [4.69, 9.17) is 11.6 Å². The third kappa shape index (κ3) is 3.87. The van der Waals surface area contributed by atoms with Gasteiger partial charge in [-0.15, -0.1) is 11.6 Å².